The van der Waals surface area contributed by atoms with Gasteiger partial charge in [0.2, 0.25) is 5.91 Å². The first-order valence-electron chi connectivity index (χ1n) is 9.25. The van der Waals surface area contributed by atoms with Gasteiger partial charge in [-0.2, -0.15) is 5.10 Å². The standard InChI is InChI=1S/C21H17N7O/c1-2-19(29)24-14-7-12(10-23-11-14)15-3-4-17-20(26-15)21(28-27-17)18-8-13-9-22-6-5-16(13)25-18/h3-11,25H,2H2,1H3,(H,24,29)(H,27,28). The van der Waals surface area contributed by atoms with Gasteiger partial charge < -0.3 is 10.3 Å². The van der Waals surface area contributed by atoms with E-state index in [1.54, 1.807) is 18.6 Å². The van der Waals surface area contributed by atoms with Crippen LogP contribution in [-0.2, 0) is 4.79 Å². The smallest absolute Gasteiger partial charge is 0.224 e. The van der Waals surface area contributed by atoms with Gasteiger partial charge in [-0.05, 0) is 30.3 Å². The topological polar surface area (TPSA) is 112 Å². The maximum Gasteiger partial charge on any atom is 0.224 e. The SMILES string of the molecule is CCC(=O)Nc1cncc(-c2ccc3[nH]nc(-c4cc5cnccc5[nH]4)c3n2)c1. The number of carbonyl (C=O) groups is 1. The molecule has 5 aromatic rings. The number of pyridine rings is 3. The molecule has 0 atom stereocenters. The van der Waals surface area contributed by atoms with Crippen LogP contribution in [-0.4, -0.2) is 36.0 Å². The van der Waals surface area contributed by atoms with Gasteiger partial charge in [0.15, 0.2) is 0 Å². The van der Waals surface area contributed by atoms with Gasteiger partial charge in [0.05, 0.1) is 28.8 Å². The summed E-state index contributed by atoms with van der Waals surface area (Å²) in [6.45, 7) is 1.81. The van der Waals surface area contributed by atoms with Crippen LogP contribution in [0.1, 0.15) is 13.3 Å². The molecule has 8 heteroatoms. The molecule has 0 aliphatic carbocycles. The van der Waals surface area contributed by atoms with Gasteiger partial charge in [0.1, 0.15) is 11.2 Å². The Morgan fingerprint density at radius 2 is 2.00 bits per heavy atom. The molecule has 1 amide bonds. The van der Waals surface area contributed by atoms with E-state index < -0.39 is 0 Å². The number of fused-ring (bicyclic) bond motifs is 2. The minimum Gasteiger partial charge on any atom is -0.353 e. The van der Waals surface area contributed by atoms with Crippen molar-refractivity contribution in [2.75, 3.05) is 5.32 Å². The summed E-state index contributed by atoms with van der Waals surface area (Å²) in [5.41, 5.74) is 6.39. The van der Waals surface area contributed by atoms with Crippen molar-refractivity contribution in [3.63, 3.8) is 0 Å². The molecule has 0 aromatic carbocycles. The highest BCUT2D eigenvalue weighted by molar-refractivity contribution is 5.94. The van der Waals surface area contributed by atoms with E-state index in [-0.39, 0.29) is 5.91 Å². The number of nitrogens with zero attached hydrogens (tertiary/aromatic N) is 4. The average molecular weight is 383 g/mol. The molecule has 142 valence electrons. The molecule has 0 aliphatic rings. The van der Waals surface area contributed by atoms with Crippen LogP contribution in [0, 0.1) is 0 Å². The minimum absolute atomic E-state index is 0.0576. The maximum atomic E-state index is 11.7. The zero-order valence-corrected chi connectivity index (χ0v) is 15.6. The van der Waals surface area contributed by atoms with E-state index in [4.69, 9.17) is 4.98 Å². The number of carbonyl (C=O) groups excluding carboxylic acids is 1. The third kappa shape index (κ3) is 3.10. The molecule has 3 N–H and O–H groups in total. The van der Waals surface area contributed by atoms with Crippen molar-refractivity contribution in [1.29, 1.82) is 0 Å². The fraction of sp³-hybridized carbons (Fsp3) is 0.0952. The predicted octanol–water partition coefficient (Wildman–Crippen LogP) is 3.91. The van der Waals surface area contributed by atoms with Crippen LogP contribution >= 0.6 is 0 Å². The second kappa shape index (κ2) is 6.83. The number of H-pyrrole nitrogens is 2. The summed E-state index contributed by atoms with van der Waals surface area (Å²) in [7, 11) is 0. The first-order chi connectivity index (χ1) is 14.2. The second-order valence-corrected chi connectivity index (χ2v) is 6.67. The summed E-state index contributed by atoms with van der Waals surface area (Å²) in [6, 6.07) is 9.64. The Morgan fingerprint density at radius 3 is 2.86 bits per heavy atom. The monoisotopic (exact) mass is 383 g/mol. The summed E-state index contributed by atoms with van der Waals surface area (Å²) in [6.07, 6.45) is 7.32. The Labute approximate surface area is 165 Å². The number of rotatable bonds is 4. The molecule has 0 aliphatic heterocycles. The highest BCUT2D eigenvalue weighted by Crippen LogP contribution is 2.29. The molecule has 0 saturated carbocycles. The number of amides is 1. The Balaban J connectivity index is 1.58. The fourth-order valence-corrected chi connectivity index (χ4v) is 3.25. The van der Waals surface area contributed by atoms with Crippen molar-refractivity contribution in [3.05, 3.63) is 55.1 Å². The Bertz CT molecular complexity index is 1320. The average Bonchev–Trinajstić information content (AvgIpc) is 3.37. The van der Waals surface area contributed by atoms with Gasteiger partial charge in [-0.1, -0.05) is 6.92 Å². The van der Waals surface area contributed by atoms with Crippen LogP contribution in [0.2, 0.25) is 0 Å². The molecule has 0 unspecified atom stereocenters. The van der Waals surface area contributed by atoms with Gasteiger partial charge in [-0.15, -0.1) is 0 Å². The number of aromatic amines is 2. The summed E-state index contributed by atoms with van der Waals surface area (Å²) >= 11 is 0. The number of anilines is 1. The Kier molecular flexibility index (Phi) is 4.02. The highest BCUT2D eigenvalue weighted by Gasteiger charge is 2.14. The Morgan fingerprint density at radius 1 is 1.07 bits per heavy atom. The third-order valence-electron chi connectivity index (χ3n) is 4.72. The summed E-state index contributed by atoms with van der Waals surface area (Å²) in [5, 5.41) is 11.3. The number of hydrogen-bond donors (Lipinski definition) is 3. The molecule has 5 heterocycles. The van der Waals surface area contributed by atoms with Crippen molar-refractivity contribution in [2.24, 2.45) is 0 Å². The van der Waals surface area contributed by atoms with Crippen LogP contribution in [0.5, 0.6) is 0 Å². The summed E-state index contributed by atoms with van der Waals surface area (Å²) in [4.78, 5) is 28.2. The maximum absolute atomic E-state index is 11.7. The quantitative estimate of drug-likeness (QED) is 0.435. The normalized spacial score (nSPS) is 11.2. The summed E-state index contributed by atoms with van der Waals surface area (Å²) in [5.74, 6) is -0.0576. The molecular formula is C21H17N7O. The zero-order valence-electron chi connectivity index (χ0n) is 15.6. The van der Waals surface area contributed by atoms with Gasteiger partial charge in [0, 0.05) is 41.5 Å². The van der Waals surface area contributed by atoms with Crippen LogP contribution in [0.15, 0.2) is 55.1 Å². The number of aromatic nitrogens is 6. The number of hydrogen-bond acceptors (Lipinski definition) is 5. The van der Waals surface area contributed by atoms with Gasteiger partial charge in [-0.25, -0.2) is 4.98 Å². The molecule has 0 bridgehead atoms. The summed E-state index contributed by atoms with van der Waals surface area (Å²) < 4.78 is 0. The molecule has 0 fully saturated rings. The lowest BCUT2D eigenvalue weighted by atomic mass is 10.1. The molecule has 5 rings (SSSR count). The van der Waals surface area contributed by atoms with Gasteiger partial charge >= 0.3 is 0 Å². The molecule has 0 saturated heterocycles. The zero-order chi connectivity index (χ0) is 19.8. The van der Waals surface area contributed by atoms with Crippen molar-refractivity contribution in [2.45, 2.75) is 13.3 Å². The van der Waals surface area contributed by atoms with E-state index in [1.165, 1.54) is 0 Å². The molecule has 29 heavy (non-hydrogen) atoms. The Hall–Kier alpha value is -4.07. The molecule has 5 aromatic heterocycles. The lowest BCUT2D eigenvalue weighted by Crippen LogP contribution is -2.09. The van der Waals surface area contributed by atoms with Crippen molar-refractivity contribution in [3.8, 4) is 22.6 Å². The van der Waals surface area contributed by atoms with Crippen LogP contribution in [0.3, 0.4) is 0 Å². The van der Waals surface area contributed by atoms with Crippen LogP contribution < -0.4 is 5.32 Å². The van der Waals surface area contributed by atoms with E-state index >= 15 is 0 Å². The number of nitrogens with one attached hydrogen (secondary N) is 3. The lowest BCUT2D eigenvalue weighted by molar-refractivity contribution is -0.115. The third-order valence-corrected chi connectivity index (χ3v) is 4.72. The molecule has 8 nitrogen and oxygen atoms in total. The van der Waals surface area contributed by atoms with E-state index in [0.29, 0.717) is 12.1 Å². The van der Waals surface area contributed by atoms with Crippen LogP contribution in [0.25, 0.3) is 44.6 Å². The van der Waals surface area contributed by atoms with Gasteiger partial charge in [-0.3, -0.25) is 19.9 Å². The van der Waals surface area contributed by atoms with Crippen molar-refractivity contribution >= 4 is 33.5 Å². The highest BCUT2D eigenvalue weighted by atomic mass is 16.1. The van der Waals surface area contributed by atoms with E-state index in [2.05, 4.69) is 30.5 Å². The molecular weight excluding hydrogens is 366 g/mol. The second-order valence-electron chi connectivity index (χ2n) is 6.67. The first-order valence-corrected chi connectivity index (χ1v) is 9.25. The molecule has 0 spiro atoms. The first kappa shape index (κ1) is 17.1. The van der Waals surface area contributed by atoms with E-state index in [0.717, 1.165) is 44.6 Å². The van der Waals surface area contributed by atoms with E-state index in [1.807, 2.05) is 43.5 Å². The predicted molar refractivity (Wildman–Crippen MR) is 111 cm³/mol. The van der Waals surface area contributed by atoms with Gasteiger partial charge in [0.25, 0.3) is 0 Å². The minimum atomic E-state index is -0.0576. The van der Waals surface area contributed by atoms with E-state index in [9.17, 15) is 4.79 Å². The van der Waals surface area contributed by atoms with Crippen molar-refractivity contribution in [1.82, 2.24) is 30.1 Å². The molecule has 0 radical (unpaired) electrons. The lowest BCUT2D eigenvalue weighted by Gasteiger charge is -2.06. The van der Waals surface area contributed by atoms with Crippen LogP contribution in [0.4, 0.5) is 5.69 Å². The fourth-order valence-electron chi connectivity index (χ4n) is 3.25. The van der Waals surface area contributed by atoms with Crippen molar-refractivity contribution < 1.29 is 4.79 Å². The largest absolute Gasteiger partial charge is 0.353 e.